The van der Waals surface area contributed by atoms with Gasteiger partial charge in [0.15, 0.2) is 6.61 Å². The first-order valence-corrected chi connectivity index (χ1v) is 9.26. The fraction of sp³-hybridized carbons (Fsp3) is 0.524. The SMILES string of the molecule is C=CCOC(=O)N1CCN(C(=O)COc2ccc(C)cc2C(C)(C)C)CC1. The number of ether oxygens (including phenoxy) is 2. The van der Waals surface area contributed by atoms with Crippen molar-refractivity contribution in [1.82, 2.24) is 9.80 Å². The molecule has 0 radical (unpaired) electrons. The second kappa shape index (κ2) is 8.93. The molecule has 1 aromatic carbocycles. The standard InChI is InChI=1S/C21H30N2O4/c1-6-13-26-20(25)23-11-9-22(10-12-23)19(24)15-27-18-8-7-16(2)14-17(18)21(3,4)5/h6-8,14H,1,9-13,15H2,2-5H3. The van der Waals surface area contributed by atoms with Crippen LogP contribution in [0.15, 0.2) is 30.9 Å². The number of hydrogen-bond acceptors (Lipinski definition) is 4. The Bertz CT molecular complexity index is 686. The fourth-order valence-corrected chi connectivity index (χ4v) is 2.95. The van der Waals surface area contributed by atoms with Crippen molar-refractivity contribution in [3.63, 3.8) is 0 Å². The molecule has 0 spiro atoms. The highest BCUT2D eigenvalue weighted by atomic mass is 16.6. The predicted octanol–water partition coefficient (Wildman–Crippen LogP) is 3.14. The maximum Gasteiger partial charge on any atom is 0.410 e. The van der Waals surface area contributed by atoms with E-state index in [0.717, 1.165) is 16.9 Å². The molecular formula is C21H30N2O4. The lowest BCUT2D eigenvalue weighted by Crippen LogP contribution is -2.51. The van der Waals surface area contributed by atoms with E-state index in [-0.39, 0.29) is 30.6 Å². The Morgan fingerprint density at radius 2 is 1.78 bits per heavy atom. The van der Waals surface area contributed by atoms with Crippen molar-refractivity contribution in [2.24, 2.45) is 0 Å². The first-order valence-electron chi connectivity index (χ1n) is 9.26. The van der Waals surface area contributed by atoms with Gasteiger partial charge in [0.05, 0.1) is 0 Å². The molecule has 2 rings (SSSR count). The maximum absolute atomic E-state index is 12.5. The highest BCUT2D eigenvalue weighted by Crippen LogP contribution is 2.32. The van der Waals surface area contributed by atoms with E-state index in [2.05, 4.69) is 33.4 Å². The summed E-state index contributed by atoms with van der Waals surface area (Å²) >= 11 is 0. The van der Waals surface area contributed by atoms with Crippen LogP contribution in [0.3, 0.4) is 0 Å². The summed E-state index contributed by atoms with van der Waals surface area (Å²) in [7, 11) is 0. The number of nitrogens with zero attached hydrogens (tertiary/aromatic N) is 2. The molecule has 0 unspecified atom stereocenters. The molecule has 0 aliphatic carbocycles. The van der Waals surface area contributed by atoms with Crippen LogP contribution in [0.25, 0.3) is 0 Å². The minimum Gasteiger partial charge on any atom is -0.483 e. The molecule has 1 saturated heterocycles. The normalized spacial score (nSPS) is 14.7. The number of carbonyl (C=O) groups is 2. The molecule has 1 aliphatic heterocycles. The van der Waals surface area contributed by atoms with Crippen LogP contribution in [0, 0.1) is 6.92 Å². The molecule has 0 saturated carbocycles. The van der Waals surface area contributed by atoms with E-state index in [1.165, 1.54) is 6.08 Å². The van der Waals surface area contributed by atoms with Crippen LogP contribution in [0.1, 0.15) is 31.9 Å². The molecule has 0 N–H and O–H groups in total. The molecule has 6 heteroatoms. The minimum absolute atomic E-state index is 0.00689. The minimum atomic E-state index is -0.368. The number of carbonyl (C=O) groups excluding carboxylic acids is 2. The van der Waals surface area contributed by atoms with E-state index in [0.29, 0.717) is 26.2 Å². The Balaban J connectivity index is 1.89. The summed E-state index contributed by atoms with van der Waals surface area (Å²) in [6.45, 7) is 14.0. The van der Waals surface area contributed by atoms with Gasteiger partial charge in [0.1, 0.15) is 12.4 Å². The van der Waals surface area contributed by atoms with Gasteiger partial charge in [-0.1, -0.05) is 51.1 Å². The van der Waals surface area contributed by atoms with Crippen LogP contribution in [0.2, 0.25) is 0 Å². The quantitative estimate of drug-likeness (QED) is 0.743. The summed E-state index contributed by atoms with van der Waals surface area (Å²) in [5, 5.41) is 0. The van der Waals surface area contributed by atoms with E-state index in [1.54, 1.807) is 9.80 Å². The van der Waals surface area contributed by atoms with Crippen LogP contribution in [0.4, 0.5) is 4.79 Å². The number of rotatable bonds is 5. The van der Waals surface area contributed by atoms with Crippen molar-refractivity contribution < 1.29 is 19.1 Å². The lowest BCUT2D eigenvalue weighted by Gasteiger charge is -2.34. The van der Waals surface area contributed by atoms with Crippen LogP contribution >= 0.6 is 0 Å². The van der Waals surface area contributed by atoms with Crippen molar-refractivity contribution in [3.05, 3.63) is 42.0 Å². The second-order valence-corrected chi connectivity index (χ2v) is 7.77. The fourth-order valence-electron chi connectivity index (χ4n) is 2.95. The van der Waals surface area contributed by atoms with E-state index in [1.807, 2.05) is 19.1 Å². The average molecular weight is 374 g/mol. The van der Waals surface area contributed by atoms with Gasteiger partial charge in [-0.15, -0.1) is 0 Å². The van der Waals surface area contributed by atoms with Crippen molar-refractivity contribution >= 4 is 12.0 Å². The van der Waals surface area contributed by atoms with Gasteiger partial charge in [-0.2, -0.15) is 0 Å². The lowest BCUT2D eigenvalue weighted by atomic mass is 9.85. The maximum atomic E-state index is 12.5. The van der Waals surface area contributed by atoms with Crippen LogP contribution < -0.4 is 4.74 Å². The Kier molecular flexibility index (Phi) is 6.88. The van der Waals surface area contributed by atoms with E-state index in [9.17, 15) is 9.59 Å². The number of piperazine rings is 1. The largest absolute Gasteiger partial charge is 0.483 e. The van der Waals surface area contributed by atoms with Crippen molar-refractivity contribution in [1.29, 1.82) is 0 Å². The summed E-state index contributed by atoms with van der Waals surface area (Å²) in [4.78, 5) is 27.7. The third-order valence-electron chi connectivity index (χ3n) is 4.51. The average Bonchev–Trinajstić information content (AvgIpc) is 2.64. The van der Waals surface area contributed by atoms with Crippen molar-refractivity contribution in [2.45, 2.75) is 33.1 Å². The van der Waals surface area contributed by atoms with E-state index in [4.69, 9.17) is 9.47 Å². The third kappa shape index (κ3) is 5.74. The number of aryl methyl sites for hydroxylation is 1. The molecule has 1 fully saturated rings. The van der Waals surface area contributed by atoms with Gasteiger partial charge in [-0.25, -0.2) is 4.79 Å². The predicted molar refractivity (Wildman–Crippen MR) is 105 cm³/mol. The molecule has 2 amide bonds. The van der Waals surface area contributed by atoms with Crippen LogP contribution in [-0.2, 0) is 14.9 Å². The Morgan fingerprint density at radius 3 is 2.37 bits per heavy atom. The van der Waals surface area contributed by atoms with E-state index < -0.39 is 0 Å². The van der Waals surface area contributed by atoms with E-state index >= 15 is 0 Å². The van der Waals surface area contributed by atoms with Gasteiger partial charge in [0.25, 0.3) is 5.91 Å². The molecule has 0 bridgehead atoms. The Labute approximate surface area is 161 Å². The van der Waals surface area contributed by atoms with Crippen molar-refractivity contribution in [3.8, 4) is 5.75 Å². The van der Waals surface area contributed by atoms with Gasteiger partial charge in [0.2, 0.25) is 0 Å². The molecule has 0 atom stereocenters. The highest BCUT2D eigenvalue weighted by molar-refractivity contribution is 5.78. The van der Waals surface area contributed by atoms with Crippen LogP contribution in [-0.4, -0.2) is 61.2 Å². The number of hydrogen-bond donors (Lipinski definition) is 0. The molecule has 27 heavy (non-hydrogen) atoms. The first-order chi connectivity index (χ1) is 12.7. The molecule has 1 heterocycles. The Morgan fingerprint density at radius 1 is 1.15 bits per heavy atom. The summed E-state index contributed by atoms with van der Waals surface area (Å²) < 4.78 is 10.9. The van der Waals surface area contributed by atoms with Gasteiger partial charge >= 0.3 is 6.09 Å². The summed E-state index contributed by atoms with van der Waals surface area (Å²) in [5.41, 5.74) is 2.19. The first kappa shape index (κ1) is 20.8. The molecule has 0 aromatic heterocycles. The van der Waals surface area contributed by atoms with Gasteiger partial charge < -0.3 is 19.3 Å². The number of benzene rings is 1. The molecular weight excluding hydrogens is 344 g/mol. The zero-order chi connectivity index (χ0) is 20.0. The zero-order valence-corrected chi connectivity index (χ0v) is 16.8. The van der Waals surface area contributed by atoms with Gasteiger partial charge in [-0.05, 0) is 24.0 Å². The second-order valence-electron chi connectivity index (χ2n) is 7.77. The molecule has 1 aromatic rings. The van der Waals surface area contributed by atoms with Gasteiger partial charge in [0, 0.05) is 26.2 Å². The van der Waals surface area contributed by atoms with Gasteiger partial charge in [-0.3, -0.25) is 4.79 Å². The zero-order valence-electron chi connectivity index (χ0n) is 16.8. The molecule has 1 aliphatic rings. The smallest absolute Gasteiger partial charge is 0.410 e. The number of amides is 2. The van der Waals surface area contributed by atoms with Crippen LogP contribution in [0.5, 0.6) is 5.75 Å². The summed E-state index contributed by atoms with van der Waals surface area (Å²) in [6, 6.07) is 6.02. The third-order valence-corrected chi connectivity index (χ3v) is 4.51. The topological polar surface area (TPSA) is 59.1 Å². The summed E-state index contributed by atoms with van der Waals surface area (Å²) in [6.07, 6.45) is 1.17. The Hall–Kier alpha value is -2.50. The highest BCUT2D eigenvalue weighted by Gasteiger charge is 2.26. The monoisotopic (exact) mass is 374 g/mol. The van der Waals surface area contributed by atoms with Crippen molar-refractivity contribution in [2.75, 3.05) is 39.4 Å². The molecule has 6 nitrogen and oxygen atoms in total. The molecule has 148 valence electrons. The lowest BCUT2D eigenvalue weighted by molar-refractivity contribution is -0.135. The summed E-state index contributed by atoms with van der Waals surface area (Å²) in [5.74, 6) is 0.669.